The Morgan fingerprint density at radius 3 is 0.971 bits per heavy atom. The van der Waals surface area contributed by atoms with E-state index in [0.29, 0.717) is 12.8 Å². The van der Waals surface area contributed by atoms with Crippen LogP contribution in [0.1, 0.15) is 322 Å². The van der Waals surface area contributed by atoms with Crippen LogP contribution in [0.2, 0.25) is 0 Å². The zero-order valence-corrected chi connectivity index (χ0v) is 45.6. The third kappa shape index (κ3) is 49.5. The van der Waals surface area contributed by atoms with Gasteiger partial charge in [0.1, 0.15) is 12.2 Å². The van der Waals surface area contributed by atoms with Crippen LogP contribution in [0.15, 0.2) is 36.5 Å². The molecule has 0 spiro atoms. The van der Waals surface area contributed by atoms with E-state index in [9.17, 15) is 25.2 Å². The molecule has 4 unspecified atom stereocenters. The summed E-state index contributed by atoms with van der Waals surface area (Å²) in [5.74, 6) is -0.590. The van der Waals surface area contributed by atoms with E-state index in [1.807, 2.05) is 0 Å². The third-order valence-electron chi connectivity index (χ3n) is 14.3. The van der Waals surface area contributed by atoms with E-state index in [4.69, 9.17) is 0 Å². The van der Waals surface area contributed by atoms with E-state index in [-0.39, 0.29) is 0 Å². The standard InChI is InChI=1S/C62H119NO5/c1-3-5-7-9-11-13-15-17-19-21-23-25-27-28-29-30-31-32-33-34-36-38-40-42-44-46-48-50-52-54-56-60(66)62(68)63-58(57-64)61(67)59(65)55-53-51-49-47-45-43-41-39-37-35-26-24-22-20-18-16-14-12-10-8-6-4-2/h23,25,28-29,47,49,58-61,64-67H,3-22,24,26-27,30-46,48,50-57H2,1-2H3,(H,63,68)/b25-23-,29-28-,49-47+. The van der Waals surface area contributed by atoms with Crippen molar-refractivity contribution in [2.45, 2.75) is 346 Å². The molecular weight excluding hydrogens is 839 g/mol. The van der Waals surface area contributed by atoms with Crippen molar-refractivity contribution < 1.29 is 25.2 Å². The highest BCUT2D eigenvalue weighted by Crippen LogP contribution is 2.18. The van der Waals surface area contributed by atoms with Crippen LogP contribution in [0.25, 0.3) is 0 Å². The van der Waals surface area contributed by atoms with Crippen molar-refractivity contribution in [1.82, 2.24) is 5.32 Å². The average Bonchev–Trinajstić information content (AvgIpc) is 3.34. The van der Waals surface area contributed by atoms with Crippen LogP contribution in [0.5, 0.6) is 0 Å². The average molecular weight is 959 g/mol. The van der Waals surface area contributed by atoms with E-state index in [0.717, 1.165) is 44.9 Å². The molecule has 0 aliphatic carbocycles. The second-order valence-corrected chi connectivity index (χ2v) is 21.0. The Balaban J connectivity index is 3.62. The van der Waals surface area contributed by atoms with Crippen molar-refractivity contribution in [3.05, 3.63) is 36.5 Å². The summed E-state index contributed by atoms with van der Waals surface area (Å²) in [4.78, 5) is 12.6. The predicted octanol–water partition coefficient (Wildman–Crippen LogP) is 18.0. The van der Waals surface area contributed by atoms with Crippen LogP contribution < -0.4 is 5.32 Å². The Morgan fingerprint density at radius 1 is 0.368 bits per heavy atom. The highest BCUT2D eigenvalue weighted by atomic mass is 16.3. The van der Waals surface area contributed by atoms with E-state index in [2.05, 4.69) is 55.6 Å². The topological polar surface area (TPSA) is 110 Å². The van der Waals surface area contributed by atoms with E-state index in [1.165, 1.54) is 250 Å². The Kier molecular flexibility index (Phi) is 55.2. The van der Waals surface area contributed by atoms with Crippen LogP contribution in [0.3, 0.4) is 0 Å². The molecule has 0 aromatic rings. The molecule has 0 bridgehead atoms. The monoisotopic (exact) mass is 958 g/mol. The van der Waals surface area contributed by atoms with Crippen molar-refractivity contribution in [1.29, 1.82) is 0 Å². The molecule has 0 radical (unpaired) electrons. The minimum Gasteiger partial charge on any atom is -0.394 e. The largest absolute Gasteiger partial charge is 0.394 e. The lowest BCUT2D eigenvalue weighted by atomic mass is 10.00. The van der Waals surface area contributed by atoms with Gasteiger partial charge in [0.25, 0.3) is 0 Å². The Labute approximate surface area is 424 Å². The molecule has 68 heavy (non-hydrogen) atoms. The lowest BCUT2D eigenvalue weighted by Crippen LogP contribution is -2.53. The van der Waals surface area contributed by atoms with Crippen LogP contribution in [-0.2, 0) is 4.79 Å². The number of rotatable bonds is 56. The van der Waals surface area contributed by atoms with Crippen LogP contribution >= 0.6 is 0 Å². The molecule has 0 saturated carbocycles. The molecule has 0 saturated heterocycles. The molecule has 0 aliphatic heterocycles. The minimum atomic E-state index is -1.28. The van der Waals surface area contributed by atoms with E-state index < -0.39 is 36.9 Å². The molecule has 0 heterocycles. The second kappa shape index (κ2) is 56.4. The first-order valence-corrected chi connectivity index (χ1v) is 30.4. The Bertz CT molecular complexity index is 1080. The fourth-order valence-corrected chi connectivity index (χ4v) is 9.56. The summed E-state index contributed by atoms with van der Waals surface area (Å²) >= 11 is 0. The van der Waals surface area contributed by atoms with Gasteiger partial charge < -0.3 is 25.7 Å². The van der Waals surface area contributed by atoms with Gasteiger partial charge >= 0.3 is 0 Å². The highest BCUT2D eigenvalue weighted by Gasteiger charge is 2.28. The van der Waals surface area contributed by atoms with Gasteiger partial charge in [-0.15, -0.1) is 0 Å². The number of hydrogen-bond donors (Lipinski definition) is 5. The van der Waals surface area contributed by atoms with Crippen LogP contribution in [-0.4, -0.2) is 57.3 Å². The molecule has 6 heteroatoms. The minimum absolute atomic E-state index is 0.363. The van der Waals surface area contributed by atoms with Gasteiger partial charge in [-0.2, -0.15) is 0 Å². The SMILES string of the molecule is CCCCCCCCCCC/C=C\C/C=C\CCCCCCCCCCCCCCCCC(O)C(=O)NC(CO)C(O)C(O)CCC/C=C/CCCCCCCCCCCCCCCCCCC. The maximum Gasteiger partial charge on any atom is 0.249 e. The summed E-state index contributed by atoms with van der Waals surface area (Å²) in [5.41, 5.74) is 0. The maximum absolute atomic E-state index is 12.6. The number of allylic oxidation sites excluding steroid dienone is 6. The molecule has 6 nitrogen and oxygen atoms in total. The predicted molar refractivity (Wildman–Crippen MR) is 297 cm³/mol. The summed E-state index contributed by atoms with van der Waals surface area (Å²) in [6, 6.07) is -1.00. The van der Waals surface area contributed by atoms with Crippen LogP contribution in [0.4, 0.5) is 0 Å². The lowest BCUT2D eigenvalue weighted by Gasteiger charge is -2.27. The van der Waals surface area contributed by atoms with Gasteiger partial charge in [-0.05, 0) is 70.6 Å². The number of hydrogen-bond acceptors (Lipinski definition) is 5. The van der Waals surface area contributed by atoms with Gasteiger partial charge in [-0.25, -0.2) is 0 Å². The van der Waals surface area contributed by atoms with Crippen molar-refractivity contribution in [2.24, 2.45) is 0 Å². The van der Waals surface area contributed by atoms with Crippen LogP contribution in [0, 0.1) is 0 Å². The summed E-state index contributed by atoms with van der Waals surface area (Å²) in [6.45, 7) is 4.08. The lowest BCUT2D eigenvalue weighted by molar-refractivity contribution is -0.132. The molecule has 0 fully saturated rings. The molecule has 4 atom stereocenters. The van der Waals surface area contributed by atoms with Gasteiger partial charge in [0.2, 0.25) is 5.91 Å². The smallest absolute Gasteiger partial charge is 0.249 e. The van der Waals surface area contributed by atoms with Gasteiger partial charge in [0.15, 0.2) is 0 Å². The number of unbranched alkanes of at least 4 members (excludes halogenated alkanes) is 41. The second-order valence-electron chi connectivity index (χ2n) is 21.0. The van der Waals surface area contributed by atoms with E-state index >= 15 is 0 Å². The first-order valence-electron chi connectivity index (χ1n) is 30.4. The van der Waals surface area contributed by atoms with E-state index in [1.54, 1.807) is 0 Å². The first-order chi connectivity index (χ1) is 33.5. The summed E-state index contributed by atoms with van der Waals surface area (Å²) < 4.78 is 0. The van der Waals surface area contributed by atoms with Gasteiger partial charge in [-0.1, -0.05) is 288 Å². The van der Waals surface area contributed by atoms with Crippen molar-refractivity contribution in [2.75, 3.05) is 6.61 Å². The number of carbonyl (C=O) groups is 1. The maximum atomic E-state index is 12.6. The molecular formula is C62H119NO5. The number of amides is 1. The normalized spacial score (nSPS) is 13.9. The summed E-state index contributed by atoms with van der Waals surface area (Å²) in [5, 5.41) is 44.0. The van der Waals surface area contributed by atoms with Gasteiger partial charge in [0.05, 0.1) is 18.8 Å². The Morgan fingerprint density at radius 2 is 0.647 bits per heavy atom. The molecule has 1 amide bonds. The van der Waals surface area contributed by atoms with Crippen molar-refractivity contribution >= 4 is 5.91 Å². The number of nitrogens with one attached hydrogen (secondary N) is 1. The fourth-order valence-electron chi connectivity index (χ4n) is 9.56. The zero-order chi connectivity index (χ0) is 49.5. The quantitative estimate of drug-likeness (QED) is 0.0308. The van der Waals surface area contributed by atoms with Gasteiger partial charge in [-0.3, -0.25) is 4.79 Å². The molecule has 402 valence electrons. The van der Waals surface area contributed by atoms with Crippen molar-refractivity contribution in [3.8, 4) is 0 Å². The number of carbonyl (C=O) groups excluding carboxylic acids is 1. The van der Waals surface area contributed by atoms with Gasteiger partial charge in [0, 0.05) is 0 Å². The highest BCUT2D eigenvalue weighted by molar-refractivity contribution is 5.80. The summed E-state index contributed by atoms with van der Waals surface area (Å²) in [6.07, 6.45) is 70.9. The fraction of sp³-hybridized carbons (Fsp3) is 0.887. The molecule has 0 aromatic carbocycles. The molecule has 5 N–H and O–H groups in total. The third-order valence-corrected chi connectivity index (χ3v) is 14.3. The number of aliphatic hydroxyl groups excluding tert-OH is 4. The zero-order valence-electron chi connectivity index (χ0n) is 45.6. The Hall–Kier alpha value is -1.47. The number of aliphatic hydroxyl groups is 4. The summed E-state index contributed by atoms with van der Waals surface area (Å²) in [7, 11) is 0. The molecule has 0 aliphatic rings. The van der Waals surface area contributed by atoms with Crippen molar-refractivity contribution in [3.63, 3.8) is 0 Å². The molecule has 0 aromatic heterocycles. The molecule has 0 rings (SSSR count). The first kappa shape index (κ1) is 66.5.